The van der Waals surface area contributed by atoms with Gasteiger partial charge in [-0.25, -0.2) is 4.98 Å². The standard InChI is InChI=1S/C21H26N4O2/c1-17(18-7-3-2-4-8-18)23-20(26)10-11-21(27)25-15-13-24(14-16-25)19-9-5-6-12-22-19/h2-9,12,17H,10-11,13-16H2,1H3,(H,23,26). The number of aromatic nitrogens is 1. The van der Waals surface area contributed by atoms with Gasteiger partial charge in [-0.2, -0.15) is 0 Å². The van der Waals surface area contributed by atoms with E-state index in [1.807, 2.05) is 60.4 Å². The van der Waals surface area contributed by atoms with Crippen LogP contribution in [0.2, 0.25) is 0 Å². The number of hydrogen-bond acceptors (Lipinski definition) is 4. The Morgan fingerprint density at radius 3 is 2.37 bits per heavy atom. The van der Waals surface area contributed by atoms with E-state index in [1.54, 1.807) is 6.20 Å². The van der Waals surface area contributed by atoms with Crippen molar-refractivity contribution in [3.63, 3.8) is 0 Å². The molecule has 6 nitrogen and oxygen atoms in total. The summed E-state index contributed by atoms with van der Waals surface area (Å²) < 4.78 is 0. The van der Waals surface area contributed by atoms with Crippen LogP contribution >= 0.6 is 0 Å². The molecule has 6 heteroatoms. The minimum atomic E-state index is -0.0909. The fourth-order valence-corrected chi connectivity index (χ4v) is 3.24. The Morgan fingerprint density at radius 1 is 1.00 bits per heavy atom. The summed E-state index contributed by atoms with van der Waals surface area (Å²) in [5, 5.41) is 2.96. The van der Waals surface area contributed by atoms with Crippen LogP contribution in [-0.2, 0) is 9.59 Å². The zero-order valence-corrected chi connectivity index (χ0v) is 15.7. The molecule has 1 atom stereocenters. The predicted octanol–water partition coefficient (Wildman–Crippen LogP) is 2.39. The van der Waals surface area contributed by atoms with E-state index >= 15 is 0 Å². The molecule has 1 aliphatic heterocycles. The minimum absolute atomic E-state index is 0.0400. The van der Waals surface area contributed by atoms with Crippen molar-refractivity contribution in [2.24, 2.45) is 0 Å². The highest BCUT2D eigenvalue weighted by Crippen LogP contribution is 2.14. The van der Waals surface area contributed by atoms with E-state index in [4.69, 9.17) is 0 Å². The number of rotatable bonds is 6. The van der Waals surface area contributed by atoms with Crippen LogP contribution in [0.5, 0.6) is 0 Å². The normalized spacial score (nSPS) is 15.3. The summed E-state index contributed by atoms with van der Waals surface area (Å²) in [6.07, 6.45) is 2.25. The van der Waals surface area contributed by atoms with Crippen molar-refractivity contribution in [2.75, 3.05) is 31.1 Å². The third kappa shape index (κ3) is 5.29. The van der Waals surface area contributed by atoms with Gasteiger partial charge in [-0.15, -0.1) is 0 Å². The van der Waals surface area contributed by atoms with Crippen LogP contribution in [0, 0.1) is 0 Å². The highest BCUT2D eigenvalue weighted by atomic mass is 16.2. The topological polar surface area (TPSA) is 65.5 Å². The third-order valence-corrected chi connectivity index (χ3v) is 4.85. The largest absolute Gasteiger partial charge is 0.353 e. The zero-order valence-electron chi connectivity index (χ0n) is 15.7. The van der Waals surface area contributed by atoms with Gasteiger partial charge in [-0.3, -0.25) is 9.59 Å². The molecule has 1 aliphatic rings. The summed E-state index contributed by atoms with van der Waals surface area (Å²) in [6, 6.07) is 15.6. The van der Waals surface area contributed by atoms with Crippen molar-refractivity contribution in [3.05, 3.63) is 60.3 Å². The Morgan fingerprint density at radius 2 is 1.70 bits per heavy atom. The first-order valence-corrected chi connectivity index (χ1v) is 9.41. The van der Waals surface area contributed by atoms with Crippen LogP contribution < -0.4 is 10.2 Å². The molecule has 2 amide bonds. The number of piperazine rings is 1. The molecule has 1 fully saturated rings. The molecule has 3 rings (SSSR count). The predicted molar refractivity (Wildman–Crippen MR) is 105 cm³/mol. The fraction of sp³-hybridized carbons (Fsp3) is 0.381. The number of hydrogen-bond donors (Lipinski definition) is 1. The highest BCUT2D eigenvalue weighted by Gasteiger charge is 2.22. The Kier molecular flexibility index (Phi) is 6.41. The maximum atomic E-state index is 12.4. The SMILES string of the molecule is CC(NC(=O)CCC(=O)N1CCN(c2ccccn2)CC1)c1ccccc1. The van der Waals surface area contributed by atoms with Crippen molar-refractivity contribution in [3.8, 4) is 0 Å². The Hall–Kier alpha value is -2.89. The summed E-state index contributed by atoms with van der Waals surface area (Å²) in [7, 11) is 0. The van der Waals surface area contributed by atoms with E-state index in [2.05, 4.69) is 15.2 Å². The van der Waals surface area contributed by atoms with Gasteiger partial charge in [0.15, 0.2) is 0 Å². The first-order chi connectivity index (χ1) is 13.1. The molecule has 0 radical (unpaired) electrons. The molecule has 0 bridgehead atoms. The quantitative estimate of drug-likeness (QED) is 0.853. The summed E-state index contributed by atoms with van der Waals surface area (Å²) in [5.74, 6) is 0.892. The molecule has 0 aliphatic carbocycles. The number of nitrogens with zero attached hydrogens (tertiary/aromatic N) is 3. The molecule has 142 valence electrons. The van der Waals surface area contributed by atoms with Crippen LogP contribution in [0.15, 0.2) is 54.7 Å². The molecule has 1 N–H and O–H groups in total. The molecule has 1 aromatic carbocycles. The van der Waals surface area contributed by atoms with Gasteiger partial charge in [0.1, 0.15) is 5.82 Å². The molecule has 2 heterocycles. The summed E-state index contributed by atoms with van der Waals surface area (Å²) in [5.41, 5.74) is 1.06. The van der Waals surface area contributed by atoms with Gasteiger partial charge in [0.05, 0.1) is 6.04 Å². The minimum Gasteiger partial charge on any atom is -0.353 e. The van der Waals surface area contributed by atoms with Gasteiger partial charge in [0, 0.05) is 45.2 Å². The van der Waals surface area contributed by atoms with Crippen molar-refractivity contribution in [1.29, 1.82) is 0 Å². The number of carbonyl (C=O) groups is 2. The second-order valence-electron chi connectivity index (χ2n) is 6.76. The van der Waals surface area contributed by atoms with Gasteiger partial charge in [-0.1, -0.05) is 36.4 Å². The Labute approximate surface area is 160 Å². The number of carbonyl (C=O) groups excluding carboxylic acids is 2. The summed E-state index contributed by atoms with van der Waals surface area (Å²) >= 11 is 0. The van der Waals surface area contributed by atoms with Gasteiger partial charge in [0.25, 0.3) is 0 Å². The average Bonchev–Trinajstić information content (AvgIpc) is 2.73. The number of anilines is 1. The first-order valence-electron chi connectivity index (χ1n) is 9.41. The van der Waals surface area contributed by atoms with Crippen LogP contribution in [0.1, 0.15) is 31.4 Å². The summed E-state index contributed by atoms with van der Waals surface area (Å²) in [4.78, 5) is 32.9. The number of pyridine rings is 1. The lowest BCUT2D eigenvalue weighted by atomic mass is 10.1. The van der Waals surface area contributed by atoms with E-state index in [1.165, 1.54) is 0 Å². The van der Waals surface area contributed by atoms with E-state index < -0.39 is 0 Å². The Balaban J connectivity index is 1.40. The monoisotopic (exact) mass is 366 g/mol. The lowest BCUT2D eigenvalue weighted by Gasteiger charge is -2.35. The number of nitrogens with one attached hydrogen (secondary N) is 1. The fourth-order valence-electron chi connectivity index (χ4n) is 3.24. The molecule has 2 aromatic rings. The van der Waals surface area contributed by atoms with E-state index in [9.17, 15) is 9.59 Å². The molecule has 27 heavy (non-hydrogen) atoms. The zero-order chi connectivity index (χ0) is 19.1. The van der Waals surface area contributed by atoms with Crippen molar-refractivity contribution >= 4 is 17.6 Å². The van der Waals surface area contributed by atoms with Crippen molar-refractivity contribution in [2.45, 2.75) is 25.8 Å². The first kappa shape index (κ1) is 18.9. The molecule has 1 saturated heterocycles. The Bertz CT molecular complexity index is 743. The van der Waals surface area contributed by atoms with Crippen LogP contribution in [0.4, 0.5) is 5.82 Å². The molecule has 0 spiro atoms. The van der Waals surface area contributed by atoms with Crippen LogP contribution in [0.25, 0.3) is 0 Å². The van der Waals surface area contributed by atoms with Gasteiger partial charge in [0.2, 0.25) is 11.8 Å². The van der Waals surface area contributed by atoms with Gasteiger partial charge >= 0.3 is 0 Å². The van der Waals surface area contributed by atoms with Crippen LogP contribution in [0.3, 0.4) is 0 Å². The second kappa shape index (κ2) is 9.16. The molecule has 1 aromatic heterocycles. The molecular formula is C21H26N4O2. The van der Waals surface area contributed by atoms with E-state index in [0.29, 0.717) is 13.1 Å². The van der Waals surface area contributed by atoms with E-state index in [0.717, 1.165) is 24.5 Å². The molecule has 0 saturated carbocycles. The highest BCUT2D eigenvalue weighted by molar-refractivity contribution is 5.84. The van der Waals surface area contributed by atoms with Crippen molar-refractivity contribution < 1.29 is 9.59 Å². The van der Waals surface area contributed by atoms with Gasteiger partial charge in [-0.05, 0) is 24.6 Å². The lowest BCUT2D eigenvalue weighted by molar-refractivity contribution is -0.134. The van der Waals surface area contributed by atoms with Gasteiger partial charge < -0.3 is 15.1 Å². The number of benzene rings is 1. The third-order valence-electron chi connectivity index (χ3n) is 4.85. The number of amides is 2. The van der Waals surface area contributed by atoms with E-state index in [-0.39, 0.29) is 30.7 Å². The average molecular weight is 366 g/mol. The maximum absolute atomic E-state index is 12.4. The molecule has 1 unspecified atom stereocenters. The molecular weight excluding hydrogens is 340 g/mol. The second-order valence-corrected chi connectivity index (χ2v) is 6.76. The maximum Gasteiger partial charge on any atom is 0.223 e. The van der Waals surface area contributed by atoms with Crippen molar-refractivity contribution in [1.82, 2.24) is 15.2 Å². The summed E-state index contributed by atoms with van der Waals surface area (Å²) in [6.45, 7) is 4.81. The smallest absolute Gasteiger partial charge is 0.223 e. The lowest BCUT2D eigenvalue weighted by Crippen LogP contribution is -2.49. The van der Waals surface area contributed by atoms with Crippen LogP contribution in [-0.4, -0.2) is 47.9 Å².